The second-order valence-corrected chi connectivity index (χ2v) is 4.05. The van der Waals surface area contributed by atoms with Crippen LogP contribution in [0.25, 0.3) is 0 Å². The van der Waals surface area contributed by atoms with E-state index in [2.05, 4.69) is 30.7 Å². The Morgan fingerprint density at radius 3 is 2.56 bits per heavy atom. The van der Waals surface area contributed by atoms with Crippen molar-refractivity contribution in [3.8, 4) is 0 Å². The van der Waals surface area contributed by atoms with E-state index in [0.717, 1.165) is 12.8 Å². The van der Waals surface area contributed by atoms with E-state index in [1.165, 1.54) is 11.3 Å². The van der Waals surface area contributed by atoms with Crippen molar-refractivity contribution in [3.63, 3.8) is 0 Å². The van der Waals surface area contributed by atoms with Crippen LogP contribution in [0.4, 0.5) is 5.69 Å². The van der Waals surface area contributed by atoms with Crippen molar-refractivity contribution in [3.05, 3.63) is 24.0 Å². The number of aryl methyl sites for hydroxylation is 1. The summed E-state index contributed by atoms with van der Waals surface area (Å²) in [5.41, 5.74) is 2.36. The molecule has 0 saturated heterocycles. The van der Waals surface area contributed by atoms with Gasteiger partial charge in [-0.3, -0.25) is 4.98 Å². The summed E-state index contributed by atoms with van der Waals surface area (Å²) in [6.07, 6.45) is 5.88. The highest BCUT2D eigenvalue weighted by Crippen LogP contribution is 2.23. The summed E-state index contributed by atoms with van der Waals surface area (Å²) in [7, 11) is 0. The third kappa shape index (κ3) is 2.95. The topological polar surface area (TPSA) is 36.4 Å². The quantitative estimate of drug-likeness (QED) is 0.803. The van der Waals surface area contributed by atoms with Gasteiger partial charge in [-0.1, -0.05) is 13.8 Å². The molecule has 0 spiro atoms. The van der Waals surface area contributed by atoms with Crippen molar-refractivity contribution >= 4 is 5.69 Å². The zero-order chi connectivity index (χ0) is 12.0. The maximum absolute atomic E-state index is 9.17. The fraction of sp³-hybridized carbons (Fsp3) is 0.615. The van der Waals surface area contributed by atoms with Crippen molar-refractivity contribution in [2.45, 2.75) is 39.7 Å². The molecule has 1 rings (SSSR count). The minimum Gasteiger partial charge on any atom is -0.395 e. The first-order valence-electron chi connectivity index (χ1n) is 6.02. The average Bonchev–Trinajstić information content (AvgIpc) is 2.30. The predicted octanol–water partition coefficient (Wildman–Crippen LogP) is 2.38. The molecule has 90 valence electrons. The summed E-state index contributed by atoms with van der Waals surface area (Å²) in [6.45, 7) is 7.33. The van der Waals surface area contributed by atoms with Gasteiger partial charge in [0.15, 0.2) is 0 Å². The lowest BCUT2D eigenvalue weighted by Gasteiger charge is -2.33. The highest BCUT2D eigenvalue weighted by Gasteiger charge is 2.16. The Hall–Kier alpha value is -1.09. The van der Waals surface area contributed by atoms with Gasteiger partial charge in [0.1, 0.15) is 0 Å². The Labute approximate surface area is 98.1 Å². The maximum atomic E-state index is 9.17. The van der Waals surface area contributed by atoms with Gasteiger partial charge in [-0.05, 0) is 31.4 Å². The molecule has 1 aromatic rings. The van der Waals surface area contributed by atoms with Gasteiger partial charge < -0.3 is 10.0 Å². The largest absolute Gasteiger partial charge is 0.395 e. The van der Waals surface area contributed by atoms with E-state index in [1.54, 1.807) is 0 Å². The molecular weight excluding hydrogens is 200 g/mol. The van der Waals surface area contributed by atoms with E-state index in [4.69, 9.17) is 0 Å². The maximum Gasteiger partial charge on any atom is 0.0606 e. The van der Waals surface area contributed by atoms with E-state index in [-0.39, 0.29) is 6.61 Å². The fourth-order valence-corrected chi connectivity index (χ4v) is 2.13. The van der Waals surface area contributed by atoms with E-state index in [1.807, 2.05) is 18.5 Å². The van der Waals surface area contributed by atoms with Crippen LogP contribution in [-0.4, -0.2) is 29.3 Å². The third-order valence-electron chi connectivity index (χ3n) is 3.02. The molecule has 1 aromatic heterocycles. The van der Waals surface area contributed by atoms with E-state index in [0.29, 0.717) is 12.6 Å². The standard InChI is InChI=1S/C13H22N2O/c1-4-12(5-2)15(8-9-16)13-6-7-14-10-11(13)3/h6-7,10,12,16H,4-5,8-9H2,1-3H3. The van der Waals surface area contributed by atoms with Crippen LogP contribution in [0.1, 0.15) is 32.3 Å². The molecule has 3 heteroatoms. The van der Waals surface area contributed by atoms with Crippen molar-refractivity contribution in [1.82, 2.24) is 4.98 Å². The van der Waals surface area contributed by atoms with E-state index >= 15 is 0 Å². The summed E-state index contributed by atoms with van der Waals surface area (Å²) < 4.78 is 0. The third-order valence-corrected chi connectivity index (χ3v) is 3.02. The highest BCUT2D eigenvalue weighted by atomic mass is 16.3. The monoisotopic (exact) mass is 222 g/mol. The SMILES string of the molecule is CCC(CC)N(CCO)c1ccncc1C. The van der Waals surface area contributed by atoms with Crippen molar-refractivity contribution in [2.24, 2.45) is 0 Å². The molecule has 0 unspecified atom stereocenters. The molecular formula is C13H22N2O. The van der Waals surface area contributed by atoms with Crippen LogP contribution in [-0.2, 0) is 0 Å². The first-order chi connectivity index (χ1) is 7.74. The average molecular weight is 222 g/mol. The number of aromatic nitrogens is 1. The van der Waals surface area contributed by atoms with Crippen molar-refractivity contribution in [2.75, 3.05) is 18.1 Å². The smallest absolute Gasteiger partial charge is 0.0606 e. The summed E-state index contributed by atoms with van der Waals surface area (Å²) >= 11 is 0. The first-order valence-corrected chi connectivity index (χ1v) is 6.02. The van der Waals surface area contributed by atoms with E-state index < -0.39 is 0 Å². The number of rotatable bonds is 6. The number of aliphatic hydroxyl groups is 1. The van der Waals surface area contributed by atoms with Gasteiger partial charge in [0, 0.05) is 30.7 Å². The molecule has 0 saturated carbocycles. The number of aliphatic hydroxyl groups excluding tert-OH is 1. The highest BCUT2D eigenvalue weighted by molar-refractivity contribution is 5.52. The van der Waals surface area contributed by atoms with Crippen LogP contribution in [0.2, 0.25) is 0 Å². The Morgan fingerprint density at radius 2 is 2.06 bits per heavy atom. The Kier molecular flexibility index (Phi) is 5.26. The lowest BCUT2D eigenvalue weighted by atomic mass is 10.1. The van der Waals surface area contributed by atoms with Gasteiger partial charge >= 0.3 is 0 Å². The van der Waals surface area contributed by atoms with Crippen molar-refractivity contribution in [1.29, 1.82) is 0 Å². The predicted molar refractivity (Wildman–Crippen MR) is 67.8 cm³/mol. The molecule has 1 N–H and O–H groups in total. The molecule has 0 radical (unpaired) electrons. The summed E-state index contributed by atoms with van der Waals surface area (Å²) in [5, 5.41) is 9.17. The number of nitrogens with zero attached hydrogens (tertiary/aromatic N) is 2. The lowest BCUT2D eigenvalue weighted by Crippen LogP contribution is -2.37. The Balaban J connectivity index is 2.97. The van der Waals surface area contributed by atoms with Crippen LogP contribution in [0, 0.1) is 6.92 Å². The number of hydrogen-bond donors (Lipinski definition) is 1. The minimum atomic E-state index is 0.193. The van der Waals surface area contributed by atoms with Gasteiger partial charge in [0.25, 0.3) is 0 Å². The number of pyridine rings is 1. The summed E-state index contributed by atoms with van der Waals surface area (Å²) in [5.74, 6) is 0. The summed E-state index contributed by atoms with van der Waals surface area (Å²) in [6, 6.07) is 2.52. The lowest BCUT2D eigenvalue weighted by molar-refractivity contribution is 0.296. The van der Waals surface area contributed by atoms with Crippen LogP contribution < -0.4 is 4.90 Å². The number of anilines is 1. The Morgan fingerprint density at radius 1 is 1.38 bits per heavy atom. The molecule has 1 heterocycles. The van der Waals surface area contributed by atoms with Gasteiger partial charge in [0.05, 0.1) is 6.61 Å². The molecule has 16 heavy (non-hydrogen) atoms. The van der Waals surface area contributed by atoms with Gasteiger partial charge in [-0.25, -0.2) is 0 Å². The molecule has 0 aliphatic carbocycles. The second-order valence-electron chi connectivity index (χ2n) is 4.05. The molecule has 0 aliphatic heterocycles. The van der Waals surface area contributed by atoms with Crippen LogP contribution >= 0.6 is 0 Å². The van der Waals surface area contributed by atoms with Crippen molar-refractivity contribution < 1.29 is 5.11 Å². The minimum absolute atomic E-state index is 0.193. The molecule has 0 amide bonds. The normalized spacial score (nSPS) is 10.8. The summed E-state index contributed by atoms with van der Waals surface area (Å²) in [4.78, 5) is 6.40. The van der Waals surface area contributed by atoms with Crippen LogP contribution in [0.3, 0.4) is 0 Å². The van der Waals surface area contributed by atoms with Crippen LogP contribution in [0.5, 0.6) is 0 Å². The zero-order valence-electron chi connectivity index (χ0n) is 10.5. The zero-order valence-corrected chi connectivity index (χ0v) is 10.5. The van der Waals surface area contributed by atoms with E-state index in [9.17, 15) is 5.11 Å². The molecule has 0 aliphatic rings. The molecule has 3 nitrogen and oxygen atoms in total. The van der Waals surface area contributed by atoms with Gasteiger partial charge in [-0.15, -0.1) is 0 Å². The second kappa shape index (κ2) is 6.48. The Bertz CT molecular complexity index is 311. The first kappa shape index (κ1) is 13.0. The van der Waals surface area contributed by atoms with Gasteiger partial charge in [-0.2, -0.15) is 0 Å². The van der Waals surface area contributed by atoms with Crippen LogP contribution in [0.15, 0.2) is 18.5 Å². The van der Waals surface area contributed by atoms with Gasteiger partial charge in [0.2, 0.25) is 0 Å². The molecule has 0 bridgehead atoms. The molecule has 0 fully saturated rings. The molecule has 0 aromatic carbocycles. The fourth-order valence-electron chi connectivity index (χ4n) is 2.13. The molecule has 0 atom stereocenters. The number of hydrogen-bond acceptors (Lipinski definition) is 3.